The second-order valence-corrected chi connectivity index (χ2v) is 4.43. The van der Waals surface area contributed by atoms with Gasteiger partial charge in [-0.25, -0.2) is 0 Å². The number of hydrogen-bond donors (Lipinski definition) is 2. The van der Waals surface area contributed by atoms with Crippen molar-refractivity contribution in [2.75, 3.05) is 6.54 Å². The van der Waals surface area contributed by atoms with Crippen LogP contribution in [0.1, 0.15) is 31.2 Å². The van der Waals surface area contributed by atoms with E-state index in [9.17, 15) is 10.1 Å². The number of rotatable bonds is 3. The van der Waals surface area contributed by atoms with Crippen molar-refractivity contribution in [2.24, 2.45) is 5.10 Å². The summed E-state index contributed by atoms with van der Waals surface area (Å²) in [6.45, 7) is 0.982. The van der Waals surface area contributed by atoms with Crippen LogP contribution in [0.25, 0.3) is 0 Å². The Morgan fingerprint density at radius 1 is 1.26 bits per heavy atom. The summed E-state index contributed by atoms with van der Waals surface area (Å²) in [5.41, 5.74) is 3.90. The third-order valence-corrected chi connectivity index (χ3v) is 2.96. The first-order valence-electron chi connectivity index (χ1n) is 6.39. The number of nitrogens with zero attached hydrogens (tertiary/aromatic N) is 2. The molecule has 0 fully saturated rings. The van der Waals surface area contributed by atoms with Gasteiger partial charge in [-0.15, -0.1) is 0 Å². The highest BCUT2D eigenvalue weighted by molar-refractivity contribution is 5.82. The van der Waals surface area contributed by atoms with Crippen molar-refractivity contribution in [1.82, 2.24) is 5.43 Å². The van der Waals surface area contributed by atoms with Crippen LogP contribution >= 0.6 is 0 Å². The van der Waals surface area contributed by atoms with Crippen LogP contribution in [-0.4, -0.2) is 23.5 Å². The molecule has 1 aromatic rings. The van der Waals surface area contributed by atoms with E-state index in [2.05, 4.69) is 15.5 Å². The van der Waals surface area contributed by atoms with Crippen LogP contribution in [0.5, 0.6) is 0 Å². The average Bonchev–Trinajstić information content (AvgIpc) is 2.68. The Bertz CT molecular complexity index is 494. The highest BCUT2D eigenvalue weighted by Gasteiger charge is 2.08. The van der Waals surface area contributed by atoms with Crippen LogP contribution in [0.4, 0.5) is 5.69 Å². The van der Waals surface area contributed by atoms with Gasteiger partial charge in [0.05, 0.1) is 24.1 Å². The lowest BCUT2D eigenvalue weighted by Crippen LogP contribution is -2.75. The summed E-state index contributed by atoms with van der Waals surface area (Å²) in [5.74, 6) is 1.04. The number of amidine groups is 1. The third-order valence-electron chi connectivity index (χ3n) is 2.96. The number of hydrogen-bond acceptors (Lipinski definition) is 4. The Hall–Kier alpha value is -2.24. The second-order valence-electron chi connectivity index (χ2n) is 4.43. The number of nitro benzene ring substituents is 1. The minimum Gasteiger partial charge on any atom is -0.277 e. The molecule has 2 N–H and O–H groups in total. The number of nitrogens with one attached hydrogen (secondary N) is 2. The molecule has 1 aromatic carbocycles. The van der Waals surface area contributed by atoms with Gasteiger partial charge in [-0.2, -0.15) is 5.43 Å². The molecule has 19 heavy (non-hydrogen) atoms. The fourth-order valence-corrected chi connectivity index (χ4v) is 1.89. The topological polar surface area (TPSA) is 81.5 Å². The molecule has 0 aromatic heterocycles. The van der Waals surface area contributed by atoms with Crippen molar-refractivity contribution in [2.45, 2.75) is 25.7 Å². The molecule has 0 unspecified atom stereocenters. The number of hydrazone groups is 1. The molecule has 100 valence electrons. The van der Waals surface area contributed by atoms with Gasteiger partial charge in [-0.1, -0.05) is 5.10 Å². The van der Waals surface area contributed by atoms with Gasteiger partial charge < -0.3 is 0 Å². The van der Waals surface area contributed by atoms with E-state index in [4.69, 9.17) is 0 Å². The largest absolute Gasteiger partial charge is 0.277 e. The number of benzene rings is 1. The van der Waals surface area contributed by atoms with E-state index in [1.54, 1.807) is 18.3 Å². The standard InChI is InChI=1S/C13H16N4O2/c18-17(19)12-7-5-11(6-8-12)10-15-16-13-4-2-1-3-9-14-13/h5-8,10H,1-4,9H2,(H,14,16)/p+1/b15-10-. The fourth-order valence-electron chi connectivity index (χ4n) is 1.89. The van der Waals surface area contributed by atoms with Gasteiger partial charge in [0.1, 0.15) is 0 Å². The number of nitro groups is 1. The van der Waals surface area contributed by atoms with Gasteiger partial charge in [0.2, 0.25) is 0 Å². The van der Waals surface area contributed by atoms with Crippen LogP contribution < -0.4 is 10.4 Å². The SMILES string of the molecule is O=[N+]([O-])c1ccc(/C=N\NC2=[NH+]CCCCC2)cc1. The van der Waals surface area contributed by atoms with E-state index in [1.165, 1.54) is 31.4 Å². The van der Waals surface area contributed by atoms with Crippen LogP contribution in [0.3, 0.4) is 0 Å². The average molecular weight is 261 g/mol. The maximum absolute atomic E-state index is 10.5. The smallest absolute Gasteiger partial charge is 0.269 e. The van der Waals surface area contributed by atoms with Crippen molar-refractivity contribution in [3.05, 3.63) is 39.9 Å². The van der Waals surface area contributed by atoms with Gasteiger partial charge in [0.25, 0.3) is 11.5 Å². The summed E-state index contributed by atoms with van der Waals surface area (Å²) in [4.78, 5) is 13.4. The first kappa shape index (κ1) is 13.2. The molecule has 0 saturated carbocycles. The minimum absolute atomic E-state index is 0.0879. The van der Waals surface area contributed by atoms with E-state index in [-0.39, 0.29) is 5.69 Å². The zero-order valence-corrected chi connectivity index (χ0v) is 10.6. The minimum atomic E-state index is -0.412. The van der Waals surface area contributed by atoms with Crippen LogP contribution in [0, 0.1) is 10.1 Å². The summed E-state index contributed by atoms with van der Waals surface area (Å²) in [5, 5.41) is 14.7. The predicted molar refractivity (Wildman–Crippen MR) is 73.1 cm³/mol. The highest BCUT2D eigenvalue weighted by Crippen LogP contribution is 2.10. The lowest BCUT2D eigenvalue weighted by atomic mass is 10.2. The summed E-state index contributed by atoms with van der Waals surface area (Å²) < 4.78 is 0. The van der Waals surface area contributed by atoms with E-state index in [0.29, 0.717) is 0 Å². The van der Waals surface area contributed by atoms with Gasteiger partial charge in [0.15, 0.2) is 0 Å². The zero-order valence-electron chi connectivity index (χ0n) is 10.6. The molecular formula is C13H17N4O2+. The van der Waals surface area contributed by atoms with Crippen molar-refractivity contribution in [3.8, 4) is 0 Å². The lowest BCUT2D eigenvalue weighted by molar-refractivity contribution is -0.459. The summed E-state index contributed by atoms with van der Waals surface area (Å²) in [6.07, 6.45) is 6.24. The molecule has 1 aliphatic rings. The number of non-ortho nitro benzene ring substituents is 1. The molecule has 0 saturated heterocycles. The van der Waals surface area contributed by atoms with E-state index in [0.717, 1.165) is 24.4 Å². The van der Waals surface area contributed by atoms with E-state index >= 15 is 0 Å². The normalized spacial score (nSPS) is 15.9. The van der Waals surface area contributed by atoms with Crippen LogP contribution in [0.15, 0.2) is 29.4 Å². The molecule has 0 atom stereocenters. The maximum atomic E-state index is 10.5. The first-order valence-corrected chi connectivity index (χ1v) is 6.39. The van der Waals surface area contributed by atoms with E-state index in [1.807, 2.05) is 0 Å². The molecule has 1 aliphatic heterocycles. The van der Waals surface area contributed by atoms with Crippen molar-refractivity contribution in [1.29, 1.82) is 0 Å². The molecule has 0 amide bonds. The van der Waals surface area contributed by atoms with Gasteiger partial charge in [-0.3, -0.25) is 15.1 Å². The van der Waals surface area contributed by atoms with Crippen molar-refractivity contribution >= 4 is 17.7 Å². The lowest BCUT2D eigenvalue weighted by Gasteiger charge is -1.95. The Kier molecular flexibility index (Phi) is 4.60. The molecule has 0 bridgehead atoms. The summed E-state index contributed by atoms with van der Waals surface area (Å²) >= 11 is 0. The molecule has 0 radical (unpaired) electrons. The van der Waals surface area contributed by atoms with Gasteiger partial charge >= 0.3 is 0 Å². The zero-order chi connectivity index (χ0) is 13.5. The van der Waals surface area contributed by atoms with Crippen LogP contribution in [-0.2, 0) is 0 Å². The van der Waals surface area contributed by atoms with Crippen LogP contribution in [0.2, 0.25) is 0 Å². The first-order chi connectivity index (χ1) is 9.25. The van der Waals surface area contributed by atoms with Gasteiger partial charge in [0, 0.05) is 12.1 Å². The summed E-state index contributed by atoms with van der Waals surface area (Å²) in [6, 6.07) is 6.29. The quantitative estimate of drug-likeness (QED) is 0.474. The Balaban J connectivity index is 1.91. The van der Waals surface area contributed by atoms with Crippen molar-refractivity contribution < 1.29 is 9.92 Å². The highest BCUT2D eigenvalue weighted by atomic mass is 16.6. The Labute approximate surface area is 111 Å². The molecule has 0 spiro atoms. The molecule has 0 aliphatic carbocycles. The second kappa shape index (κ2) is 6.63. The van der Waals surface area contributed by atoms with Gasteiger partial charge in [-0.05, 0) is 37.0 Å². The summed E-state index contributed by atoms with van der Waals surface area (Å²) in [7, 11) is 0. The fraction of sp³-hybridized carbons (Fsp3) is 0.385. The Morgan fingerprint density at radius 2 is 2.05 bits per heavy atom. The van der Waals surface area contributed by atoms with Crippen molar-refractivity contribution in [3.63, 3.8) is 0 Å². The molecule has 6 nitrogen and oxygen atoms in total. The Morgan fingerprint density at radius 3 is 2.79 bits per heavy atom. The molecule has 1 heterocycles. The molecule has 2 rings (SSSR count). The third kappa shape index (κ3) is 4.17. The molecule has 6 heteroatoms. The predicted octanol–water partition coefficient (Wildman–Crippen LogP) is 0.571. The molecular weight excluding hydrogens is 244 g/mol. The maximum Gasteiger partial charge on any atom is 0.269 e. The monoisotopic (exact) mass is 261 g/mol. The van der Waals surface area contributed by atoms with E-state index < -0.39 is 4.92 Å².